The van der Waals surface area contributed by atoms with Gasteiger partial charge in [0.05, 0.1) is 0 Å². The van der Waals surface area contributed by atoms with Gasteiger partial charge in [0.25, 0.3) is 0 Å². The first kappa shape index (κ1) is 8.73. The van der Waals surface area contributed by atoms with Gasteiger partial charge in [-0.2, -0.15) is 11.3 Å². The van der Waals surface area contributed by atoms with Gasteiger partial charge in [-0.1, -0.05) is 6.42 Å². The lowest BCUT2D eigenvalue weighted by Crippen LogP contribution is -2.26. The Morgan fingerprint density at radius 1 is 1.50 bits per heavy atom. The van der Waals surface area contributed by atoms with Crippen molar-refractivity contribution in [2.75, 3.05) is 0 Å². The maximum atomic E-state index is 6.12. The van der Waals surface area contributed by atoms with Crippen molar-refractivity contribution in [3.05, 3.63) is 20.8 Å². The number of hydrogen-bond acceptors (Lipinski definition) is 2. The number of halogens is 1. The standard InChI is InChI=1S/C9H12BrNS/c10-8-5-12-4-7(8)9(11)6-2-1-3-6/h4-6,9H,1-3,11H2. The van der Waals surface area contributed by atoms with Gasteiger partial charge in [-0.05, 0) is 45.6 Å². The zero-order valence-electron chi connectivity index (χ0n) is 6.79. The van der Waals surface area contributed by atoms with Crippen LogP contribution in [-0.2, 0) is 0 Å². The number of rotatable bonds is 2. The van der Waals surface area contributed by atoms with Crippen LogP contribution in [0.25, 0.3) is 0 Å². The summed E-state index contributed by atoms with van der Waals surface area (Å²) >= 11 is 5.24. The molecule has 1 unspecified atom stereocenters. The summed E-state index contributed by atoms with van der Waals surface area (Å²) in [6.45, 7) is 0. The maximum absolute atomic E-state index is 6.12. The molecule has 0 bridgehead atoms. The van der Waals surface area contributed by atoms with Crippen molar-refractivity contribution in [3.63, 3.8) is 0 Å². The Kier molecular flexibility index (Phi) is 2.53. The topological polar surface area (TPSA) is 26.0 Å². The van der Waals surface area contributed by atoms with Gasteiger partial charge in [0, 0.05) is 15.9 Å². The lowest BCUT2D eigenvalue weighted by atomic mass is 9.78. The predicted octanol–water partition coefficient (Wildman–Crippen LogP) is 3.31. The van der Waals surface area contributed by atoms with Crippen molar-refractivity contribution in [3.8, 4) is 0 Å². The van der Waals surface area contributed by atoms with Crippen molar-refractivity contribution in [1.82, 2.24) is 0 Å². The molecule has 1 aliphatic carbocycles. The zero-order chi connectivity index (χ0) is 8.55. The monoisotopic (exact) mass is 245 g/mol. The SMILES string of the molecule is NC(c1cscc1Br)C1CCC1. The summed E-state index contributed by atoms with van der Waals surface area (Å²) in [6.07, 6.45) is 3.98. The van der Waals surface area contributed by atoms with E-state index in [-0.39, 0.29) is 6.04 Å². The third-order valence-corrected chi connectivity index (χ3v) is 4.41. The predicted molar refractivity (Wildman–Crippen MR) is 56.3 cm³/mol. The van der Waals surface area contributed by atoms with Gasteiger partial charge >= 0.3 is 0 Å². The summed E-state index contributed by atoms with van der Waals surface area (Å²) in [4.78, 5) is 0. The molecule has 0 spiro atoms. The van der Waals surface area contributed by atoms with E-state index in [1.165, 1.54) is 29.3 Å². The third-order valence-electron chi connectivity index (χ3n) is 2.66. The highest BCUT2D eigenvalue weighted by atomic mass is 79.9. The van der Waals surface area contributed by atoms with Crippen LogP contribution < -0.4 is 5.73 Å². The molecule has 0 aliphatic heterocycles. The summed E-state index contributed by atoms with van der Waals surface area (Å²) < 4.78 is 1.19. The van der Waals surface area contributed by atoms with Crippen LogP contribution in [0.2, 0.25) is 0 Å². The molecular formula is C9H12BrNS. The normalized spacial score (nSPS) is 20.5. The van der Waals surface area contributed by atoms with Crippen LogP contribution in [0.1, 0.15) is 30.9 Å². The quantitative estimate of drug-likeness (QED) is 0.851. The minimum atomic E-state index is 0.263. The Morgan fingerprint density at radius 3 is 2.67 bits per heavy atom. The highest BCUT2D eigenvalue weighted by Gasteiger charge is 2.26. The van der Waals surface area contributed by atoms with Crippen LogP contribution in [0.3, 0.4) is 0 Å². The largest absolute Gasteiger partial charge is 0.324 e. The Hall–Kier alpha value is 0.140. The molecule has 3 heteroatoms. The molecule has 0 saturated heterocycles. The molecule has 1 heterocycles. The molecule has 1 nitrogen and oxygen atoms in total. The molecular weight excluding hydrogens is 234 g/mol. The van der Waals surface area contributed by atoms with Crippen LogP contribution in [0.4, 0.5) is 0 Å². The number of thiophene rings is 1. The van der Waals surface area contributed by atoms with Gasteiger partial charge in [-0.3, -0.25) is 0 Å². The summed E-state index contributed by atoms with van der Waals surface area (Å²) in [5, 5.41) is 4.26. The molecule has 1 aliphatic rings. The lowest BCUT2D eigenvalue weighted by molar-refractivity contribution is 0.264. The molecule has 0 aromatic carbocycles. The molecule has 66 valence electrons. The first-order valence-corrected chi connectivity index (χ1v) is 6.00. The second kappa shape index (κ2) is 3.48. The molecule has 2 N–H and O–H groups in total. The van der Waals surface area contributed by atoms with E-state index in [1.54, 1.807) is 11.3 Å². The fourth-order valence-corrected chi connectivity index (χ4v) is 3.19. The van der Waals surface area contributed by atoms with Crippen LogP contribution in [0.5, 0.6) is 0 Å². The second-order valence-corrected chi connectivity index (χ2v) is 4.99. The lowest BCUT2D eigenvalue weighted by Gasteiger charge is -2.31. The minimum absolute atomic E-state index is 0.263. The van der Waals surface area contributed by atoms with E-state index in [4.69, 9.17) is 5.73 Å². The van der Waals surface area contributed by atoms with Crippen LogP contribution in [-0.4, -0.2) is 0 Å². The van der Waals surface area contributed by atoms with E-state index in [2.05, 4.69) is 26.7 Å². The van der Waals surface area contributed by atoms with Gasteiger partial charge in [0.1, 0.15) is 0 Å². The summed E-state index contributed by atoms with van der Waals surface area (Å²) in [5.41, 5.74) is 7.42. The Morgan fingerprint density at radius 2 is 2.25 bits per heavy atom. The molecule has 12 heavy (non-hydrogen) atoms. The fraction of sp³-hybridized carbons (Fsp3) is 0.556. The third kappa shape index (κ3) is 1.45. The molecule has 0 amide bonds. The number of hydrogen-bond donors (Lipinski definition) is 1. The highest BCUT2D eigenvalue weighted by molar-refractivity contribution is 9.10. The summed E-state index contributed by atoms with van der Waals surface area (Å²) in [7, 11) is 0. The van der Waals surface area contributed by atoms with Gasteiger partial charge in [-0.15, -0.1) is 0 Å². The average molecular weight is 246 g/mol. The summed E-state index contributed by atoms with van der Waals surface area (Å²) in [5.74, 6) is 0.732. The van der Waals surface area contributed by atoms with E-state index in [0.29, 0.717) is 0 Å². The van der Waals surface area contributed by atoms with Crippen molar-refractivity contribution in [2.24, 2.45) is 11.7 Å². The van der Waals surface area contributed by atoms with Gasteiger partial charge in [0.2, 0.25) is 0 Å². The first-order chi connectivity index (χ1) is 5.79. The molecule has 1 atom stereocenters. The molecule has 1 saturated carbocycles. The van der Waals surface area contributed by atoms with Gasteiger partial charge in [-0.25, -0.2) is 0 Å². The van der Waals surface area contributed by atoms with E-state index in [9.17, 15) is 0 Å². The molecule has 0 radical (unpaired) electrons. The Labute approximate surface area is 85.1 Å². The highest BCUT2D eigenvalue weighted by Crippen LogP contribution is 2.39. The zero-order valence-corrected chi connectivity index (χ0v) is 9.20. The van der Waals surface area contributed by atoms with Crippen molar-refractivity contribution >= 4 is 27.3 Å². The van der Waals surface area contributed by atoms with E-state index < -0.39 is 0 Å². The van der Waals surface area contributed by atoms with Crippen molar-refractivity contribution in [1.29, 1.82) is 0 Å². The second-order valence-electron chi connectivity index (χ2n) is 3.39. The van der Waals surface area contributed by atoms with Crippen LogP contribution >= 0.6 is 27.3 Å². The minimum Gasteiger partial charge on any atom is -0.324 e. The average Bonchev–Trinajstić information content (AvgIpc) is 2.31. The van der Waals surface area contributed by atoms with Crippen LogP contribution in [0.15, 0.2) is 15.2 Å². The first-order valence-electron chi connectivity index (χ1n) is 4.26. The van der Waals surface area contributed by atoms with Gasteiger partial charge < -0.3 is 5.73 Å². The number of nitrogens with two attached hydrogens (primary N) is 1. The van der Waals surface area contributed by atoms with Crippen molar-refractivity contribution < 1.29 is 0 Å². The maximum Gasteiger partial charge on any atom is 0.0343 e. The van der Waals surface area contributed by atoms with Crippen LogP contribution in [0, 0.1) is 5.92 Å². The van der Waals surface area contributed by atoms with Crippen molar-refractivity contribution in [2.45, 2.75) is 25.3 Å². The summed E-state index contributed by atoms with van der Waals surface area (Å²) in [6, 6.07) is 0.263. The van der Waals surface area contributed by atoms with E-state index in [0.717, 1.165) is 5.92 Å². The Balaban J connectivity index is 2.13. The smallest absolute Gasteiger partial charge is 0.0343 e. The molecule has 2 rings (SSSR count). The molecule has 1 aromatic heterocycles. The van der Waals surface area contributed by atoms with Gasteiger partial charge in [0.15, 0.2) is 0 Å². The molecule has 1 fully saturated rings. The van der Waals surface area contributed by atoms with E-state index >= 15 is 0 Å². The Bertz CT molecular complexity index is 267. The molecule has 1 aromatic rings. The fourth-order valence-electron chi connectivity index (χ4n) is 1.58. The van der Waals surface area contributed by atoms with E-state index in [1.807, 2.05) is 0 Å².